The van der Waals surface area contributed by atoms with Gasteiger partial charge < -0.3 is 15.2 Å². The van der Waals surface area contributed by atoms with Crippen LogP contribution < -0.4 is 10.5 Å². The van der Waals surface area contributed by atoms with Crippen LogP contribution in [0.5, 0.6) is 0 Å². The molecule has 0 saturated carbocycles. The molecule has 1 heterocycles. The Kier molecular flexibility index (Phi) is 3.65. The highest BCUT2D eigenvalue weighted by Crippen LogP contribution is 2.28. The number of nitrogens with one attached hydrogen (secondary N) is 1. The van der Waals surface area contributed by atoms with Crippen molar-refractivity contribution in [3.05, 3.63) is 28.3 Å². The molecule has 2 rings (SSSR count). The molecule has 0 radical (unpaired) electrons. The monoisotopic (exact) mass is 303 g/mol. The lowest BCUT2D eigenvalue weighted by molar-refractivity contribution is -0.384. The summed E-state index contributed by atoms with van der Waals surface area (Å²) in [6, 6.07) is 3.27. The smallest absolute Gasteiger partial charge is 0.293 e. The Bertz CT molecular complexity index is 640. The number of nitro benzene ring substituents is 1. The van der Waals surface area contributed by atoms with Gasteiger partial charge in [-0.2, -0.15) is 0 Å². The number of hydrogen-bond acceptors (Lipinski definition) is 7. The van der Waals surface area contributed by atoms with E-state index in [0.717, 1.165) is 12.1 Å². The zero-order valence-electron chi connectivity index (χ0n) is 10.3. The first-order valence-corrected chi connectivity index (χ1v) is 7.11. The Morgan fingerprint density at radius 1 is 1.50 bits per heavy atom. The first kappa shape index (κ1) is 14.7. The normalized spacial score (nSPS) is 17.3. The number of ether oxygens (including phenoxy) is 1. The standard InChI is InChI=1S/C10H13N3O6S/c11-20(17,18)7-1-2-8(9(3-7)13(15)16)12-4-10(14)5-19-6-10/h1-3,12,14H,4-6H2,(H2,11,17,18). The Morgan fingerprint density at radius 3 is 2.60 bits per heavy atom. The van der Waals surface area contributed by atoms with Gasteiger partial charge in [0.25, 0.3) is 5.69 Å². The van der Waals surface area contributed by atoms with Crippen LogP contribution in [-0.4, -0.2) is 43.8 Å². The average Bonchev–Trinajstić information content (AvgIpc) is 2.32. The molecular formula is C10H13N3O6S. The summed E-state index contributed by atoms with van der Waals surface area (Å²) >= 11 is 0. The lowest BCUT2D eigenvalue weighted by atomic mass is 10.0. The van der Waals surface area contributed by atoms with E-state index in [1.165, 1.54) is 6.07 Å². The van der Waals surface area contributed by atoms with Gasteiger partial charge in [-0.25, -0.2) is 13.6 Å². The molecule has 1 aliphatic heterocycles. The maximum atomic E-state index is 11.2. The van der Waals surface area contributed by atoms with Crippen molar-refractivity contribution in [2.24, 2.45) is 5.14 Å². The molecule has 0 aromatic heterocycles. The number of primary sulfonamides is 1. The van der Waals surface area contributed by atoms with Gasteiger partial charge in [-0.3, -0.25) is 10.1 Å². The minimum atomic E-state index is -4.01. The first-order valence-electron chi connectivity index (χ1n) is 5.57. The highest BCUT2D eigenvalue weighted by atomic mass is 32.2. The minimum absolute atomic E-state index is 0.0581. The number of nitrogens with two attached hydrogens (primary N) is 1. The largest absolute Gasteiger partial charge is 0.383 e. The molecule has 1 aromatic carbocycles. The fourth-order valence-corrected chi connectivity index (χ4v) is 2.22. The van der Waals surface area contributed by atoms with Crippen molar-refractivity contribution in [3.63, 3.8) is 0 Å². The summed E-state index contributed by atoms with van der Waals surface area (Å²) in [5.41, 5.74) is -1.39. The van der Waals surface area contributed by atoms with E-state index in [0.29, 0.717) is 0 Å². The van der Waals surface area contributed by atoms with E-state index in [9.17, 15) is 23.6 Å². The van der Waals surface area contributed by atoms with Crippen molar-refractivity contribution in [3.8, 4) is 0 Å². The summed E-state index contributed by atoms with van der Waals surface area (Å²) in [5.74, 6) is 0. The van der Waals surface area contributed by atoms with Gasteiger partial charge in [0.1, 0.15) is 11.3 Å². The van der Waals surface area contributed by atoms with Crippen molar-refractivity contribution in [1.29, 1.82) is 0 Å². The van der Waals surface area contributed by atoms with Crippen LogP contribution in [-0.2, 0) is 14.8 Å². The second kappa shape index (κ2) is 4.98. The number of nitro groups is 1. The topological polar surface area (TPSA) is 145 Å². The van der Waals surface area contributed by atoms with Gasteiger partial charge in [0.2, 0.25) is 10.0 Å². The molecule has 1 aromatic rings. The number of aliphatic hydroxyl groups is 1. The van der Waals surface area contributed by atoms with Crippen molar-refractivity contribution >= 4 is 21.4 Å². The van der Waals surface area contributed by atoms with E-state index >= 15 is 0 Å². The zero-order chi connectivity index (χ0) is 15.0. The molecule has 1 saturated heterocycles. The molecule has 0 amide bonds. The third kappa shape index (κ3) is 3.04. The van der Waals surface area contributed by atoms with Crippen LogP contribution in [0.3, 0.4) is 0 Å². The van der Waals surface area contributed by atoms with Crippen LogP contribution >= 0.6 is 0 Å². The van der Waals surface area contributed by atoms with E-state index in [2.05, 4.69) is 5.32 Å². The summed E-state index contributed by atoms with van der Waals surface area (Å²) in [4.78, 5) is 9.88. The summed E-state index contributed by atoms with van der Waals surface area (Å²) in [6.07, 6.45) is 0. The molecule has 0 aliphatic carbocycles. The summed E-state index contributed by atoms with van der Waals surface area (Å²) < 4.78 is 27.2. The van der Waals surface area contributed by atoms with E-state index in [1.54, 1.807) is 0 Å². The van der Waals surface area contributed by atoms with Crippen molar-refractivity contribution in [1.82, 2.24) is 0 Å². The number of anilines is 1. The molecular weight excluding hydrogens is 290 g/mol. The predicted octanol–water partition coefficient (Wildman–Crippen LogP) is -0.585. The molecule has 0 unspecified atom stereocenters. The Labute approximate surface area is 114 Å². The van der Waals surface area contributed by atoms with Crippen molar-refractivity contribution < 1.29 is 23.2 Å². The van der Waals surface area contributed by atoms with Crippen molar-refractivity contribution in [2.45, 2.75) is 10.5 Å². The van der Waals surface area contributed by atoms with E-state index < -0.39 is 26.2 Å². The van der Waals surface area contributed by atoms with Gasteiger partial charge in [0, 0.05) is 12.6 Å². The van der Waals surface area contributed by atoms with Gasteiger partial charge in [0.05, 0.1) is 23.0 Å². The van der Waals surface area contributed by atoms with Gasteiger partial charge in [-0.15, -0.1) is 0 Å². The fraction of sp³-hybridized carbons (Fsp3) is 0.400. The molecule has 0 bridgehead atoms. The molecule has 9 nitrogen and oxygen atoms in total. The molecule has 0 spiro atoms. The number of rotatable bonds is 5. The minimum Gasteiger partial charge on any atom is -0.383 e. The Morgan fingerprint density at radius 2 is 2.15 bits per heavy atom. The SMILES string of the molecule is NS(=O)(=O)c1ccc(NCC2(O)COC2)c([N+](=O)[O-])c1. The van der Waals surface area contributed by atoms with Crippen LogP contribution in [0.15, 0.2) is 23.1 Å². The summed E-state index contributed by atoms with van der Waals surface area (Å²) in [7, 11) is -4.01. The molecule has 1 fully saturated rings. The maximum absolute atomic E-state index is 11.2. The lowest BCUT2D eigenvalue weighted by Gasteiger charge is -2.36. The second-order valence-corrected chi connectivity index (χ2v) is 6.11. The molecule has 20 heavy (non-hydrogen) atoms. The van der Waals surface area contributed by atoms with Gasteiger partial charge in [-0.1, -0.05) is 0 Å². The van der Waals surface area contributed by atoms with Crippen molar-refractivity contribution in [2.75, 3.05) is 25.1 Å². The highest BCUT2D eigenvalue weighted by Gasteiger charge is 2.36. The summed E-state index contributed by atoms with van der Waals surface area (Å²) in [6.45, 7) is 0.342. The molecule has 0 atom stereocenters. The van der Waals surface area contributed by atoms with Crippen LogP contribution in [0.2, 0.25) is 0 Å². The quantitative estimate of drug-likeness (QED) is 0.487. The number of hydrogen-bond donors (Lipinski definition) is 3. The van der Waals surface area contributed by atoms with Crippen LogP contribution in [0.4, 0.5) is 11.4 Å². The van der Waals surface area contributed by atoms with E-state index in [-0.39, 0.29) is 30.3 Å². The third-order valence-electron chi connectivity index (χ3n) is 2.84. The first-order chi connectivity index (χ1) is 9.21. The molecule has 110 valence electrons. The zero-order valence-corrected chi connectivity index (χ0v) is 11.1. The Balaban J connectivity index is 2.26. The highest BCUT2D eigenvalue weighted by molar-refractivity contribution is 7.89. The predicted molar refractivity (Wildman–Crippen MR) is 68.7 cm³/mol. The fourth-order valence-electron chi connectivity index (χ4n) is 1.69. The molecule has 1 aliphatic rings. The number of benzene rings is 1. The number of sulfonamides is 1. The van der Waals surface area contributed by atoms with Crippen LogP contribution in [0, 0.1) is 10.1 Å². The second-order valence-electron chi connectivity index (χ2n) is 4.55. The summed E-state index contributed by atoms with van der Waals surface area (Å²) in [5, 5.41) is 28.4. The van der Waals surface area contributed by atoms with Crippen LogP contribution in [0.1, 0.15) is 0 Å². The molecule has 10 heteroatoms. The van der Waals surface area contributed by atoms with Gasteiger partial charge in [-0.05, 0) is 12.1 Å². The number of nitrogens with zero attached hydrogens (tertiary/aromatic N) is 1. The van der Waals surface area contributed by atoms with Gasteiger partial charge in [0.15, 0.2) is 0 Å². The van der Waals surface area contributed by atoms with E-state index in [1.807, 2.05) is 0 Å². The maximum Gasteiger partial charge on any atom is 0.293 e. The van der Waals surface area contributed by atoms with E-state index in [4.69, 9.17) is 9.88 Å². The van der Waals surface area contributed by atoms with Crippen LogP contribution in [0.25, 0.3) is 0 Å². The Hall–Kier alpha value is -1.75. The molecule has 4 N–H and O–H groups in total. The van der Waals surface area contributed by atoms with Gasteiger partial charge >= 0.3 is 0 Å². The third-order valence-corrected chi connectivity index (χ3v) is 3.75. The lowest BCUT2D eigenvalue weighted by Crippen LogP contribution is -2.54. The average molecular weight is 303 g/mol.